The average molecular weight is 625 g/mol. The maximum absolute atomic E-state index is 15.4. The second-order valence-corrected chi connectivity index (χ2v) is 10.7. The molecule has 1 atom stereocenters. The predicted molar refractivity (Wildman–Crippen MR) is 166 cm³/mol. The zero-order valence-corrected chi connectivity index (χ0v) is 26.2. The molecule has 0 aromatic heterocycles. The van der Waals surface area contributed by atoms with Crippen LogP contribution in [0.3, 0.4) is 0 Å². The largest absolute Gasteiger partial charge is 0.466 e. The SMILES string of the molecule is COC(=O)C1=C(C(=O)OC)N(c2ccc(C)cc2)C2(C(=O)N(Cc3ccccc3)c3ccc(C)cc32)C(C(=O)OC)=C1C(=O)OC. The van der Waals surface area contributed by atoms with Gasteiger partial charge in [0.15, 0.2) is 5.54 Å². The Bertz CT molecular complexity index is 1830. The van der Waals surface area contributed by atoms with Gasteiger partial charge in [0.05, 0.1) is 51.8 Å². The number of carbonyl (C=O) groups excluding carboxylic acids is 5. The number of benzene rings is 3. The molecule has 1 unspecified atom stereocenters. The first-order chi connectivity index (χ1) is 22.1. The van der Waals surface area contributed by atoms with Crippen molar-refractivity contribution in [3.63, 3.8) is 0 Å². The summed E-state index contributed by atoms with van der Waals surface area (Å²) in [7, 11) is 4.28. The number of hydrogen-bond donors (Lipinski definition) is 0. The molecule has 11 heteroatoms. The van der Waals surface area contributed by atoms with E-state index in [-0.39, 0.29) is 17.8 Å². The maximum atomic E-state index is 15.4. The van der Waals surface area contributed by atoms with Gasteiger partial charge in [-0.1, -0.05) is 65.7 Å². The minimum atomic E-state index is -2.26. The molecule has 2 aliphatic heterocycles. The van der Waals surface area contributed by atoms with E-state index in [4.69, 9.17) is 18.9 Å². The third kappa shape index (κ3) is 4.80. The molecule has 11 nitrogen and oxygen atoms in total. The zero-order chi connectivity index (χ0) is 33.3. The zero-order valence-electron chi connectivity index (χ0n) is 26.2. The molecule has 46 heavy (non-hydrogen) atoms. The summed E-state index contributed by atoms with van der Waals surface area (Å²) in [5.74, 6) is -5.19. The minimum absolute atomic E-state index is 0.0718. The fraction of sp³-hybridized carbons (Fsp3) is 0.229. The van der Waals surface area contributed by atoms with Crippen LogP contribution in [0, 0.1) is 13.8 Å². The van der Waals surface area contributed by atoms with Crippen molar-refractivity contribution in [1.29, 1.82) is 0 Å². The Balaban J connectivity index is 2.04. The fourth-order valence-electron chi connectivity index (χ4n) is 6.06. The molecule has 0 aliphatic carbocycles. The monoisotopic (exact) mass is 624 g/mol. The quantitative estimate of drug-likeness (QED) is 0.283. The summed E-state index contributed by atoms with van der Waals surface area (Å²) in [6.07, 6.45) is 0. The van der Waals surface area contributed by atoms with Crippen molar-refractivity contribution >= 4 is 41.2 Å². The molecule has 2 aliphatic rings. The Morgan fingerprint density at radius 1 is 0.674 bits per heavy atom. The van der Waals surface area contributed by atoms with Crippen molar-refractivity contribution in [2.45, 2.75) is 25.9 Å². The van der Waals surface area contributed by atoms with Gasteiger partial charge >= 0.3 is 23.9 Å². The Kier molecular flexibility index (Phi) is 8.51. The topological polar surface area (TPSA) is 129 Å². The summed E-state index contributed by atoms with van der Waals surface area (Å²) < 4.78 is 20.6. The van der Waals surface area contributed by atoms with Crippen LogP contribution in [-0.4, -0.2) is 58.2 Å². The Morgan fingerprint density at radius 2 is 1.24 bits per heavy atom. The smallest absolute Gasteiger partial charge is 0.355 e. The lowest BCUT2D eigenvalue weighted by molar-refractivity contribution is -0.143. The number of fused-ring (bicyclic) bond motifs is 2. The number of carbonyl (C=O) groups is 5. The van der Waals surface area contributed by atoms with E-state index >= 15 is 4.79 Å². The standard InChI is InChI=1S/C35H32N2O9/c1-20-12-15-23(16-13-20)37-29(33(41)46-6)27(31(39)44-4)26(30(38)43-3)28(32(40)45-5)35(37)24-18-21(2)14-17-25(24)36(34(35)42)19-22-10-8-7-9-11-22/h7-18H,19H2,1-6H3. The highest BCUT2D eigenvalue weighted by Gasteiger charge is 2.66. The third-order valence-electron chi connectivity index (χ3n) is 8.07. The molecule has 0 N–H and O–H groups in total. The van der Waals surface area contributed by atoms with Gasteiger partial charge in [-0.15, -0.1) is 0 Å². The summed E-state index contributed by atoms with van der Waals surface area (Å²) in [4.78, 5) is 73.5. The van der Waals surface area contributed by atoms with Crippen LogP contribution < -0.4 is 9.80 Å². The molecule has 1 amide bonds. The molecule has 3 aromatic carbocycles. The van der Waals surface area contributed by atoms with Crippen molar-refractivity contribution in [3.8, 4) is 0 Å². The van der Waals surface area contributed by atoms with Crippen molar-refractivity contribution < 1.29 is 42.9 Å². The summed E-state index contributed by atoms with van der Waals surface area (Å²) in [5.41, 5.74) is -1.33. The van der Waals surface area contributed by atoms with E-state index in [2.05, 4.69) is 0 Å². The maximum Gasteiger partial charge on any atom is 0.355 e. The number of anilines is 2. The van der Waals surface area contributed by atoms with Crippen LogP contribution >= 0.6 is 0 Å². The molecule has 236 valence electrons. The lowest BCUT2D eigenvalue weighted by Gasteiger charge is -2.46. The van der Waals surface area contributed by atoms with Crippen molar-refractivity contribution in [1.82, 2.24) is 0 Å². The van der Waals surface area contributed by atoms with Gasteiger partial charge in [-0.2, -0.15) is 0 Å². The van der Waals surface area contributed by atoms with Gasteiger partial charge in [0.2, 0.25) is 0 Å². The van der Waals surface area contributed by atoms with E-state index < -0.39 is 57.7 Å². The fourth-order valence-corrected chi connectivity index (χ4v) is 6.06. The lowest BCUT2D eigenvalue weighted by Crippen LogP contribution is -2.60. The highest BCUT2D eigenvalue weighted by Crippen LogP contribution is 2.56. The van der Waals surface area contributed by atoms with Gasteiger partial charge in [0.25, 0.3) is 5.91 Å². The van der Waals surface area contributed by atoms with E-state index in [1.54, 1.807) is 43.3 Å². The first kappa shape index (κ1) is 31.7. The molecule has 5 rings (SSSR count). The molecule has 0 saturated carbocycles. The van der Waals surface area contributed by atoms with Crippen molar-refractivity contribution in [2.24, 2.45) is 0 Å². The van der Waals surface area contributed by atoms with Crippen LogP contribution in [0.5, 0.6) is 0 Å². The number of rotatable bonds is 7. The van der Waals surface area contributed by atoms with Crippen molar-refractivity contribution in [3.05, 3.63) is 117 Å². The van der Waals surface area contributed by atoms with Gasteiger partial charge < -0.3 is 28.7 Å². The van der Waals surface area contributed by atoms with Gasteiger partial charge in [-0.3, -0.25) is 4.79 Å². The number of amides is 1. The van der Waals surface area contributed by atoms with E-state index in [0.29, 0.717) is 11.3 Å². The normalized spacial score (nSPS) is 17.2. The molecular weight excluding hydrogens is 592 g/mol. The van der Waals surface area contributed by atoms with E-state index in [1.807, 2.05) is 43.3 Å². The Hall–Kier alpha value is -5.71. The van der Waals surface area contributed by atoms with E-state index in [1.165, 1.54) is 9.80 Å². The van der Waals surface area contributed by atoms with E-state index in [9.17, 15) is 19.2 Å². The molecule has 0 fully saturated rings. The number of esters is 4. The predicted octanol–water partition coefficient (Wildman–Crippen LogP) is 3.81. The highest BCUT2D eigenvalue weighted by atomic mass is 16.5. The molecule has 0 saturated heterocycles. The molecule has 1 spiro atoms. The van der Waals surface area contributed by atoms with Crippen molar-refractivity contribution in [2.75, 3.05) is 38.2 Å². The molecule has 3 aromatic rings. The average Bonchev–Trinajstić information content (AvgIpc) is 3.29. The summed E-state index contributed by atoms with van der Waals surface area (Å²) in [6, 6.07) is 21.2. The number of aryl methyl sites for hydroxylation is 2. The highest BCUT2D eigenvalue weighted by molar-refractivity contribution is 6.26. The second kappa shape index (κ2) is 12.4. The van der Waals surface area contributed by atoms with Crippen LogP contribution in [0.25, 0.3) is 0 Å². The summed E-state index contributed by atoms with van der Waals surface area (Å²) >= 11 is 0. The first-order valence-corrected chi connectivity index (χ1v) is 14.2. The van der Waals surface area contributed by atoms with Gasteiger partial charge in [0.1, 0.15) is 11.3 Å². The molecule has 2 heterocycles. The number of nitrogens with zero attached hydrogens (tertiary/aromatic N) is 2. The van der Waals surface area contributed by atoms with Gasteiger partial charge in [0, 0.05) is 11.3 Å². The second-order valence-electron chi connectivity index (χ2n) is 10.7. The van der Waals surface area contributed by atoms with Crippen LogP contribution in [0.2, 0.25) is 0 Å². The van der Waals surface area contributed by atoms with Gasteiger partial charge in [-0.25, -0.2) is 19.2 Å². The van der Waals surface area contributed by atoms with Crippen LogP contribution in [-0.2, 0) is 55.0 Å². The minimum Gasteiger partial charge on any atom is -0.466 e. The van der Waals surface area contributed by atoms with Gasteiger partial charge in [-0.05, 0) is 37.6 Å². The number of hydrogen-bond acceptors (Lipinski definition) is 10. The lowest BCUT2D eigenvalue weighted by atomic mass is 9.73. The third-order valence-corrected chi connectivity index (χ3v) is 8.07. The Labute approximate surface area is 265 Å². The number of methoxy groups -OCH3 is 4. The molecule has 0 radical (unpaired) electrons. The first-order valence-electron chi connectivity index (χ1n) is 14.2. The summed E-state index contributed by atoms with van der Waals surface area (Å²) in [6.45, 7) is 3.72. The number of ether oxygens (including phenoxy) is 4. The van der Waals surface area contributed by atoms with Crippen LogP contribution in [0.4, 0.5) is 11.4 Å². The van der Waals surface area contributed by atoms with E-state index in [0.717, 1.165) is 39.6 Å². The van der Waals surface area contributed by atoms with Crippen LogP contribution in [0.15, 0.2) is 95.2 Å². The Morgan fingerprint density at radius 3 is 1.83 bits per heavy atom. The van der Waals surface area contributed by atoms with Crippen LogP contribution in [0.1, 0.15) is 22.3 Å². The molecule has 0 bridgehead atoms. The molecular formula is C35H32N2O9. The summed E-state index contributed by atoms with van der Waals surface area (Å²) in [5, 5.41) is 0.